The van der Waals surface area contributed by atoms with Crippen LogP contribution in [0, 0.1) is 12.7 Å². The number of benzene rings is 1. The molecular weight excluding hydrogens is 427 g/mol. The molecule has 0 spiro atoms. The molecule has 0 aliphatic rings. The molecule has 0 saturated heterocycles. The van der Waals surface area contributed by atoms with Gasteiger partial charge in [-0.3, -0.25) is 23.8 Å². The van der Waals surface area contributed by atoms with E-state index in [-0.39, 0.29) is 11.4 Å². The Balaban J connectivity index is 2.12. The Labute approximate surface area is 189 Å². The van der Waals surface area contributed by atoms with Crippen molar-refractivity contribution in [3.05, 3.63) is 58.9 Å². The molecular formula is C23H23FN6O3. The van der Waals surface area contributed by atoms with Crippen LogP contribution in [0.15, 0.2) is 46.7 Å². The van der Waals surface area contributed by atoms with Crippen molar-refractivity contribution in [3.8, 4) is 39.6 Å². The summed E-state index contributed by atoms with van der Waals surface area (Å²) in [5.74, 6) is -0.0141. The van der Waals surface area contributed by atoms with Crippen LogP contribution in [0.2, 0.25) is 0 Å². The SMILES string of the molecule is C=Nc1cc(OC)c(-c2cnn(C)c2)cc1-c1c(C)n(C)c(=O)n1-c1c(F)cncc1OC. The Morgan fingerprint density at radius 2 is 1.79 bits per heavy atom. The first kappa shape index (κ1) is 22.0. The lowest BCUT2D eigenvalue weighted by molar-refractivity contribution is 0.406. The molecule has 33 heavy (non-hydrogen) atoms. The summed E-state index contributed by atoms with van der Waals surface area (Å²) in [6.45, 7) is 5.46. The number of ether oxygens (including phenoxy) is 2. The smallest absolute Gasteiger partial charge is 0.333 e. The molecule has 1 aromatic carbocycles. The molecule has 0 N–H and O–H groups in total. The number of hydrogen-bond donors (Lipinski definition) is 0. The van der Waals surface area contributed by atoms with Gasteiger partial charge in [0.1, 0.15) is 11.4 Å². The van der Waals surface area contributed by atoms with Crippen LogP contribution in [-0.4, -0.2) is 44.8 Å². The van der Waals surface area contributed by atoms with E-state index in [0.29, 0.717) is 28.4 Å². The van der Waals surface area contributed by atoms with Crippen LogP contribution in [0.3, 0.4) is 0 Å². The van der Waals surface area contributed by atoms with E-state index in [0.717, 1.165) is 17.3 Å². The molecule has 10 heteroatoms. The van der Waals surface area contributed by atoms with E-state index in [1.165, 1.54) is 22.4 Å². The van der Waals surface area contributed by atoms with Gasteiger partial charge in [-0.15, -0.1) is 0 Å². The third kappa shape index (κ3) is 3.49. The Bertz CT molecular complexity index is 1430. The van der Waals surface area contributed by atoms with Crippen molar-refractivity contribution < 1.29 is 13.9 Å². The van der Waals surface area contributed by atoms with Crippen LogP contribution in [0.5, 0.6) is 11.5 Å². The number of aliphatic imine (C=N–C) groups is 1. The van der Waals surface area contributed by atoms with Crippen molar-refractivity contribution in [2.45, 2.75) is 6.92 Å². The number of methoxy groups -OCH3 is 2. The molecule has 0 fully saturated rings. The number of aryl methyl sites for hydroxylation is 1. The van der Waals surface area contributed by atoms with Crippen molar-refractivity contribution >= 4 is 12.4 Å². The number of pyridine rings is 1. The summed E-state index contributed by atoms with van der Waals surface area (Å²) in [6, 6.07) is 3.57. The van der Waals surface area contributed by atoms with Crippen LogP contribution in [0.4, 0.5) is 10.1 Å². The number of rotatable bonds is 6. The van der Waals surface area contributed by atoms with Gasteiger partial charge in [-0.1, -0.05) is 0 Å². The third-order valence-electron chi connectivity index (χ3n) is 5.59. The molecule has 4 aromatic rings. The summed E-state index contributed by atoms with van der Waals surface area (Å²) < 4.78 is 30.3. The third-order valence-corrected chi connectivity index (χ3v) is 5.59. The summed E-state index contributed by atoms with van der Waals surface area (Å²) >= 11 is 0. The molecule has 3 heterocycles. The predicted molar refractivity (Wildman–Crippen MR) is 123 cm³/mol. The van der Waals surface area contributed by atoms with Gasteiger partial charge in [-0.2, -0.15) is 5.10 Å². The maximum Gasteiger partial charge on any atom is 0.333 e. The van der Waals surface area contributed by atoms with Gasteiger partial charge in [0.15, 0.2) is 11.6 Å². The van der Waals surface area contributed by atoms with Crippen molar-refractivity contribution in [1.82, 2.24) is 23.9 Å². The number of nitrogens with zero attached hydrogens (tertiary/aromatic N) is 6. The van der Waals surface area contributed by atoms with Gasteiger partial charge in [0.25, 0.3) is 0 Å². The van der Waals surface area contributed by atoms with Gasteiger partial charge in [-0.05, 0) is 19.7 Å². The minimum atomic E-state index is -0.697. The Morgan fingerprint density at radius 3 is 2.39 bits per heavy atom. The molecule has 0 saturated carbocycles. The second-order valence-corrected chi connectivity index (χ2v) is 7.41. The van der Waals surface area contributed by atoms with Gasteiger partial charge in [-0.25, -0.2) is 9.18 Å². The lowest BCUT2D eigenvalue weighted by Crippen LogP contribution is -2.23. The fourth-order valence-electron chi connectivity index (χ4n) is 3.85. The number of halogens is 1. The quantitative estimate of drug-likeness (QED) is 0.420. The zero-order chi connectivity index (χ0) is 23.9. The molecule has 0 bridgehead atoms. The molecule has 0 radical (unpaired) electrons. The Kier molecular flexibility index (Phi) is 5.59. The highest BCUT2D eigenvalue weighted by Crippen LogP contribution is 2.42. The van der Waals surface area contributed by atoms with Gasteiger partial charge in [0, 0.05) is 48.7 Å². The number of aromatic nitrogens is 5. The zero-order valence-electron chi connectivity index (χ0n) is 19.0. The summed E-state index contributed by atoms with van der Waals surface area (Å²) in [7, 11) is 6.39. The van der Waals surface area contributed by atoms with Gasteiger partial charge >= 0.3 is 5.69 Å². The monoisotopic (exact) mass is 450 g/mol. The molecule has 170 valence electrons. The second kappa shape index (κ2) is 8.38. The van der Waals surface area contributed by atoms with E-state index in [2.05, 4.69) is 21.8 Å². The Morgan fingerprint density at radius 1 is 1.06 bits per heavy atom. The van der Waals surface area contributed by atoms with E-state index in [9.17, 15) is 4.79 Å². The largest absolute Gasteiger partial charge is 0.496 e. The molecule has 0 atom stereocenters. The minimum absolute atomic E-state index is 0.0371. The first-order valence-corrected chi connectivity index (χ1v) is 9.96. The summed E-state index contributed by atoms with van der Waals surface area (Å²) in [5.41, 5.74) is 3.14. The molecule has 0 amide bonds. The number of imidazole rings is 1. The molecule has 0 aliphatic heterocycles. The second-order valence-electron chi connectivity index (χ2n) is 7.41. The first-order chi connectivity index (χ1) is 15.8. The van der Waals surface area contributed by atoms with Crippen molar-refractivity contribution in [2.75, 3.05) is 14.2 Å². The van der Waals surface area contributed by atoms with Crippen molar-refractivity contribution in [1.29, 1.82) is 0 Å². The summed E-state index contributed by atoms with van der Waals surface area (Å²) in [5, 5.41) is 4.24. The highest BCUT2D eigenvalue weighted by atomic mass is 19.1. The number of hydrogen-bond acceptors (Lipinski definition) is 6. The van der Waals surface area contributed by atoms with Gasteiger partial charge in [0.05, 0.1) is 44.2 Å². The fraction of sp³-hybridized carbons (Fsp3) is 0.217. The fourth-order valence-corrected chi connectivity index (χ4v) is 3.85. The van der Waals surface area contributed by atoms with Crippen molar-refractivity contribution in [3.63, 3.8) is 0 Å². The molecule has 9 nitrogen and oxygen atoms in total. The maximum atomic E-state index is 15.0. The highest BCUT2D eigenvalue weighted by Gasteiger charge is 2.26. The summed E-state index contributed by atoms with van der Waals surface area (Å²) in [4.78, 5) is 21.3. The van der Waals surface area contributed by atoms with Crippen LogP contribution in [0.1, 0.15) is 5.69 Å². The lowest BCUT2D eigenvalue weighted by Gasteiger charge is -2.16. The predicted octanol–water partition coefficient (Wildman–Crippen LogP) is 3.44. The summed E-state index contributed by atoms with van der Waals surface area (Å²) in [6.07, 6.45) is 5.95. The average Bonchev–Trinajstić information content (AvgIpc) is 3.34. The average molecular weight is 450 g/mol. The van der Waals surface area contributed by atoms with Crippen LogP contribution in [-0.2, 0) is 14.1 Å². The minimum Gasteiger partial charge on any atom is -0.496 e. The lowest BCUT2D eigenvalue weighted by atomic mass is 9.99. The standard InChI is InChI=1S/C23H23FN6O3/c1-13-21(30(23(31)29(13)4)22-17(24)10-26-11-20(22)33-6)16-7-15(14-9-27-28(3)12-14)19(32-5)8-18(16)25-2/h7-12H,2H2,1,3-6H3. The van der Waals surface area contributed by atoms with Crippen molar-refractivity contribution in [2.24, 2.45) is 19.1 Å². The van der Waals surface area contributed by atoms with E-state index in [1.54, 1.807) is 38.0 Å². The van der Waals surface area contributed by atoms with E-state index in [4.69, 9.17) is 9.47 Å². The van der Waals surface area contributed by atoms with Gasteiger partial charge in [0.2, 0.25) is 0 Å². The molecule has 0 unspecified atom stereocenters. The maximum absolute atomic E-state index is 15.0. The normalized spacial score (nSPS) is 11.0. The first-order valence-electron chi connectivity index (χ1n) is 9.96. The van der Waals surface area contributed by atoms with E-state index >= 15 is 4.39 Å². The zero-order valence-corrected chi connectivity index (χ0v) is 19.0. The van der Waals surface area contributed by atoms with Gasteiger partial charge < -0.3 is 9.47 Å². The topological polar surface area (TPSA) is 88.5 Å². The molecule has 0 aliphatic carbocycles. The van der Waals surface area contributed by atoms with Crippen LogP contribution >= 0.6 is 0 Å². The molecule has 3 aromatic heterocycles. The van der Waals surface area contributed by atoms with E-state index < -0.39 is 11.5 Å². The Hall–Kier alpha value is -4.21. The van der Waals surface area contributed by atoms with Crippen LogP contribution in [0.25, 0.3) is 28.1 Å². The molecule has 4 rings (SSSR count). The highest BCUT2D eigenvalue weighted by molar-refractivity contribution is 5.86. The van der Waals surface area contributed by atoms with Crippen LogP contribution < -0.4 is 15.2 Å². The van der Waals surface area contributed by atoms with E-state index in [1.807, 2.05) is 19.3 Å².